The molecule has 1 amide bonds. The van der Waals surface area contributed by atoms with Crippen molar-refractivity contribution in [2.24, 2.45) is 11.1 Å². The van der Waals surface area contributed by atoms with Crippen LogP contribution in [0.1, 0.15) is 31.2 Å². The maximum Gasteiger partial charge on any atom is 0.223 e. The van der Waals surface area contributed by atoms with Gasteiger partial charge in [-0.15, -0.1) is 0 Å². The molecule has 6 heteroatoms. The summed E-state index contributed by atoms with van der Waals surface area (Å²) in [4.78, 5) is 20.9. The van der Waals surface area contributed by atoms with Gasteiger partial charge in [-0.25, -0.2) is 0 Å². The van der Waals surface area contributed by atoms with Gasteiger partial charge in [-0.2, -0.15) is 0 Å². The van der Waals surface area contributed by atoms with E-state index in [1.165, 1.54) is 0 Å². The van der Waals surface area contributed by atoms with Gasteiger partial charge in [-0.05, 0) is 62.9 Å². The summed E-state index contributed by atoms with van der Waals surface area (Å²) in [7, 11) is 3.62. The molecule has 0 aliphatic heterocycles. The fourth-order valence-corrected chi connectivity index (χ4v) is 3.86. The molecule has 0 bridgehead atoms. The second-order valence-electron chi connectivity index (χ2n) is 7.00. The van der Waals surface area contributed by atoms with Crippen molar-refractivity contribution in [2.75, 3.05) is 14.2 Å². The fraction of sp³-hybridized carbons (Fsp3) is 0.450. The lowest BCUT2D eigenvalue weighted by molar-refractivity contribution is -0.129. The van der Waals surface area contributed by atoms with Crippen molar-refractivity contribution in [3.05, 3.63) is 42.4 Å². The number of benzene rings is 1. The quantitative estimate of drug-likeness (QED) is 0.831. The van der Waals surface area contributed by atoms with E-state index in [2.05, 4.69) is 15.3 Å². The fourth-order valence-electron chi connectivity index (χ4n) is 3.86. The van der Waals surface area contributed by atoms with E-state index >= 15 is 0 Å². The molecule has 0 unspecified atom stereocenters. The highest BCUT2D eigenvalue weighted by molar-refractivity contribution is 5.81. The average Bonchev–Trinajstić information content (AvgIpc) is 2.69. The number of ether oxygens (including phenoxy) is 1. The van der Waals surface area contributed by atoms with E-state index in [9.17, 15) is 4.79 Å². The number of nitrogens with zero attached hydrogens (tertiary/aromatic N) is 2. The molecule has 0 atom stereocenters. The first-order valence-corrected chi connectivity index (χ1v) is 8.98. The Labute approximate surface area is 154 Å². The monoisotopic (exact) mass is 354 g/mol. The molecule has 1 aromatic heterocycles. The smallest absolute Gasteiger partial charge is 0.223 e. The van der Waals surface area contributed by atoms with Crippen molar-refractivity contribution < 1.29 is 9.53 Å². The summed E-state index contributed by atoms with van der Waals surface area (Å²) in [6, 6.07) is 6.38. The molecular weight excluding hydrogens is 328 g/mol. The first kappa shape index (κ1) is 18.3. The number of rotatable bonds is 6. The molecule has 0 saturated heterocycles. The second-order valence-corrected chi connectivity index (χ2v) is 7.00. The van der Waals surface area contributed by atoms with E-state index < -0.39 is 5.41 Å². The minimum absolute atomic E-state index is 0.223. The third-order valence-electron chi connectivity index (χ3n) is 5.54. The molecular formula is C20H26N4O2. The lowest BCUT2D eigenvalue weighted by atomic mass is 9.68. The number of amides is 1. The Morgan fingerprint density at radius 2 is 2.12 bits per heavy atom. The van der Waals surface area contributed by atoms with Crippen molar-refractivity contribution in [3.8, 4) is 17.0 Å². The minimum Gasteiger partial charge on any atom is -0.496 e. The molecule has 3 rings (SSSR count). The van der Waals surface area contributed by atoms with Crippen LogP contribution in [0.5, 0.6) is 5.75 Å². The summed E-state index contributed by atoms with van der Waals surface area (Å²) in [6.07, 6.45) is 9.10. The molecule has 1 aliphatic carbocycles. The Hall–Kier alpha value is -2.47. The van der Waals surface area contributed by atoms with Crippen LogP contribution in [0.3, 0.4) is 0 Å². The number of carbonyl (C=O) groups is 1. The lowest BCUT2D eigenvalue weighted by Gasteiger charge is -2.38. The molecule has 1 saturated carbocycles. The van der Waals surface area contributed by atoms with Gasteiger partial charge in [0.1, 0.15) is 5.75 Å². The zero-order valence-electron chi connectivity index (χ0n) is 15.4. The molecule has 1 fully saturated rings. The van der Waals surface area contributed by atoms with Crippen LogP contribution >= 0.6 is 0 Å². The summed E-state index contributed by atoms with van der Waals surface area (Å²) < 4.78 is 5.54. The number of hydrogen-bond acceptors (Lipinski definition) is 5. The van der Waals surface area contributed by atoms with Gasteiger partial charge in [0.15, 0.2) is 0 Å². The molecule has 6 nitrogen and oxygen atoms in total. The summed E-state index contributed by atoms with van der Waals surface area (Å²) in [5, 5.41) is 3.31. The van der Waals surface area contributed by atoms with Gasteiger partial charge in [-0.3, -0.25) is 14.8 Å². The highest BCUT2D eigenvalue weighted by Gasteiger charge is 2.40. The zero-order valence-corrected chi connectivity index (χ0v) is 15.4. The predicted molar refractivity (Wildman–Crippen MR) is 101 cm³/mol. The predicted octanol–water partition coefficient (Wildman–Crippen LogP) is 2.33. The van der Waals surface area contributed by atoms with E-state index in [4.69, 9.17) is 10.5 Å². The van der Waals surface area contributed by atoms with Crippen LogP contribution in [0.25, 0.3) is 11.3 Å². The van der Waals surface area contributed by atoms with Gasteiger partial charge in [0.05, 0.1) is 24.4 Å². The standard InChI is InChI=1S/C20H26N4O2/c1-22-16-5-7-20(8-6-16,19(21)25)12-15-11-14(3-4-18(15)26-2)17-13-23-9-10-24-17/h3-4,9-11,13,16,22H,5-8,12H2,1-2H3,(H2,21,25). The average molecular weight is 354 g/mol. The van der Waals surface area contributed by atoms with Crippen molar-refractivity contribution in [1.29, 1.82) is 0 Å². The Bertz CT molecular complexity index is 756. The maximum absolute atomic E-state index is 12.4. The van der Waals surface area contributed by atoms with Gasteiger partial charge in [-0.1, -0.05) is 0 Å². The van der Waals surface area contributed by atoms with Crippen LogP contribution in [-0.2, 0) is 11.2 Å². The molecule has 1 heterocycles. The van der Waals surface area contributed by atoms with E-state index in [-0.39, 0.29) is 5.91 Å². The van der Waals surface area contributed by atoms with Crippen molar-refractivity contribution in [2.45, 2.75) is 38.1 Å². The Kier molecular flexibility index (Phi) is 5.52. The van der Waals surface area contributed by atoms with Crippen LogP contribution in [0.2, 0.25) is 0 Å². The summed E-state index contributed by atoms with van der Waals surface area (Å²) in [5.41, 5.74) is 8.06. The summed E-state index contributed by atoms with van der Waals surface area (Å²) in [6.45, 7) is 0. The van der Waals surface area contributed by atoms with Gasteiger partial charge in [0.2, 0.25) is 5.91 Å². The normalized spacial score (nSPS) is 22.8. The molecule has 0 radical (unpaired) electrons. The summed E-state index contributed by atoms with van der Waals surface area (Å²) in [5.74, 6) is 0.549. The van der Waals surface area contributed by atoms with Gasteiger partial charge < -0.3 is 15.8 Å². The van der Waals surface area contributed by atoms with E-state index in [0.29, 0.717) is 12.5 Å². The highest BCUT2D eigenvalue weighted by Crippen LogP contribution is 2.41. The zero-order chi connectivity index (χ0) is 18.6. The number of nitrogens with one attached hydrogen (secondary N) is 1. The Morgan fingerprint density at radius 3 is 2.69 bits per heavy atom. The number of hydrogen-bond donors (Lipinski definition) is 2. The third kappa shape index (κ3) is 3.70. The first-order chi connectivity index (χ1) is 12.6. The van der Waals surface area contributed by atoms with E-state index in [0.717, 1.165) is 48.3 Å². The third-order valence-corrected chi connectivity index (χ3v) is 5.54. The number of nitrogens with two attached hydrogens (primary N) is 1. The van der Waals surface area contributed by atoms with Crippen molar-refractivity contribution in [1.82, 2.24) is 15.3 Å². The van der Waals surface area contributed by atoms with Crippen LogP contribution in [0.4, 0.5) is 0 Å². The van der Waals surface area contributed by atoms with Crippen LogP contribution < -0.4 is 15.8 Å². The molecule has 1 aliphatic rings. The maximum atomic E-state index is 12.4. The van der Waals surface area contributed by atoms with Crippen molar-refractivity contribution >= 4 is 5.91 Å². The van der Waals surface area contributed by atoms with Gasteiger partial charge in [0.25, 0.3) is 0 Å². The van der Waals surface area contributed by atoms with Crippen LogP contribution in [0, 0.1) is 5.41 Å². The summed E-state index contributed by atoms with van der Waals surface area (Å²) >= 11 is 0. The lowest BCUT2D eigenvalue weighted by Crippen LogP contribution is -2.45. The molecule has 2 aromatic rings. The van der Waals surface area contributed by atoms with Gasteiger partial charge in [0, 0.05) is 24.0 Å². The second kappa shape index (κ2) is 7.83. The van der Waals surface area contributed by atoms with Crippen LogP contribution in [0.15, 0.2) is 36.8 Å². The first-order valence-electron chi connectivity index (χ1n) is 8.98. The molecule has 0 spiro atoms. The van der Waals surface area contributed by atoms with E-state index in [1.54, 1.807) is 25.7 Å². The largest absolute Gasteiger partial charge is 0.496 e. The van der Waals surface area contributed by atoms with Gasteiger partial charge >= 0.3 is 0 Å². The number of aromatic nitrogens is 2. The number of methoxy groups -OCH3 is 1. The van der Waals surface area contributed by atoms with Crippen molar-refractivity contribution in [3.63, 3.8) is 0 Å². The molecule has 138 valence electrons. The molecule has 26 heavy (non-hydrogen) atoms. The SMILES string of the molecule is CNC1CCC(Cc2cc(-c3cnccn3)ccc2OC)(C(N)=O)CC1. The number of carbonyl (C=O) groups excluding carboxylic acids is 1. The van der Waals surface area contributed by atoms with Crippen LogP contribution in [-0.4, -0.2) is 36.1 Å². The minimum atomic E-state index is -0.526. The Morgan fingerprint density at radius 1 is 1.35 bits per heavy atom. The molecule has 3 N–H and O–H groups in total. The topological polar surface area (TPSA) is 90.1 Å². The van der Waals surface area contributed by atoms with E-state index in [1.807, 2.05) is 25.2 Å². The highest BCUT2D eigenvalue weighted by atomic mass is 16.5. The molecule has 1 aromatic carbocycles. The Balaban J connectivity index is 1.93. The number of primary amides is 1.